The number of aromatic nitrogens is 1. The Morgan fingerprint density at radius 1 is 1.29 bits per heavy atom. The van der Waals surface area contributed by atoms with Crippen LogP contribution in [0.5, 0.6) is 0 Å². The number of carbonyl (C=O) groups excluding carboxylic acids is 2. The van der Waals surface area contributed by atoms with Gasteiger partial charge in [-0.1, -0.05) is 24.9 Å². The molecule has 0 aromatic carbocycles. The third-order valence-electron chi connectivity index (χ3n) is 4.80. The van der Waals surface area contributed by atoms with E-state index in [4.69, 9.17) is 9.57 Å². The number of carbonyl (C=O) groups is 2. The Balaban J connectivity index is 1.73. The minimum absolute atomic E-state index is 0.0329. The third-order valence-corrected chi connectivity index (χ3v) is 4.80. The highest BCUT2D eigenvalue weighted by atomic mass is 16.9. The Labute approximate surface area is 165 Å². The summed E-state index contributed by atoms with van der Waals surface area (Å²) < 4.78 is 6.93. The van der Waals surface area contributed by atoms with Gasteiger partial charge in [0, 0.05) is 18.7 Å². The highest BCUT2D eigenvalue weighted by molar-refractivity contribution is 5.93. The lowest BCUT2D eigenvalue weighted by molar-refractivity contribution is -0.727. The summed E-state index contributed by atoms with van der Waals surface area (Å²) in [5.41, 5.74) is 2.68. The summed E-state index contributed by atoms with van der Waals surface area (Å²) in [6, 6.07) is 3.51. The van der Waals surface area contributed by atoms with E-state index >= 15 is 0 Å². The Hall–Kier alpha value is -2.23. The van der Waals surface area contributed by atoms with Gasteiger partial charge in [0.05, 0.1) is 13.7 Å². The molecule has 1 unspecified atom stereocenters. The molecule has 1 saturated carbocycles. The Kier molecular flexibility index (Phi) is 9.67. The van der Waals surface area contributed by atoms with Crippen molar-refractivity contribution in [1.29, 1.82) is 0 Å². The number of ether oxygens (including phenoxy) is 1. The van der Waals surface area contributed by atoms with Crippen molar-refractivity contribution in [2.45, 2.75) is 51.8 Å². The number of pyridine rings is 1. The molecule has 0 spiro atoms. The van der Waals surface area contributed by atoms with Crippen LogP contribution in [0.1, 0.15) is 49.4 Å². The van der Waals surface area contributed by atoms with Gasteiger partial charge in [-0.3, -0.25) is 14.5 Å². The maximum Gasteiger partial charge on any atom is 0.412 e. The molecule has 0 bridgehead atoms. The minimum Gasteiger partial charge on any atom is -0.388 e. The molecule has 3 N–H and O–H groups in total. The van der Waals surface area contributed by atoms with Crippen LogP contribution < -0.4 is 20.8 Å². The average molecular weight is 395 g/mol. The summed E-state index contributed by atoms with van der Waals surface area (Å²) in [5, 5.41) is 5.64. The molecular formula is C19H31N4O5+. The summed E-state index contributed by atoms with van der Waals surface area (Å²) >= 11 is 0. The Morgan fingerprint density at radius 2 is 2.07 bits per heavy atom. The lowest BCUT2D eigenvalue weighted by Gasteiger charge is -2.27. The zero-order valence-corrected chi connectivity index (χ0v) is 16.6. The standard InChI is InChI=1S/C19H30N4O5/c1-15(16-7-4-3-5-8-16)21-19(25)27-14-23-11-6-9-17(13-23)18(24)20-10-12-28-22-26-2/h6,9,11,13,15-16,22H,3-5,7-8,10,12,14H2,1-2H3,(H-,20,21,24,25)/p+1. The SMILES string of the molecule is CONOCCNC(=O)c1ccc[n+](COC(=O)NC(C)C2CCCCC2)c1. The van der Waals surface area contributed by atoms with Crippen molar-refractivity contribution in [2.24, 2.45) is 5.92 Å². The van der Waals surface area contributed by atoms with Crippen LogP contribution in [0.25, 0.3) is 0 Å². The van der Waals surface area contributed by atoms with E-state index in [1.54, 1.807) is 29.1 Å². The first-order valence-corrected chi connectivity index (χ1v) is 9.70. The molecule has 1 aliphatic carbocycles. The average Bonchev–Trinajstić information content (AvgIpc) is 2.73. The van der Waals surface area contributed by atoms with Crippen molar-refractivity contribution in [2.75, 3.05) is 20.3 Å². The molecule has 0 saturated heterocycles. The Morgan fingerprint density at radius 3 is 2.82 bits per heavy atom. The Bertz CT molecular complexity index is 622. The van der Waals surface area contributed by atoms with E-state index in [1.807, 2.05) is 6.92 Å². The number of hydrogen-bond donors (Lipinski definition) is 3. The van der Waals surface area contributed by atoms with Crippen molar-refractivity contribution in [3.05, 3.63) is 30.1 Å². The van der Waals surface area contributed by atoms with Gasteiger partial charge in [0.1, 0.15) is 5.56 Å². The molecular weight excluding hydrogens is 364 g/mol. The van der Waals surface area contributed by atoms with Gasteiger partial charge in [-0.25, -0.2) is 4.79 Å². The molecule has 156 valence electrons. The van der Waals surface area contributed by atoms with Crippen LogP contribution in [0.2, 0.25) is 0 Å². The number of alkyl carbamates (subject to hydrolysis) is 1. The van der Waals surface area contributed by atoms with Crippen molar-refractivity contribution in [1.82, 2.24) is 16.3 Å². The molecule has 0 radical (unpaired) electrons. The van der Waals surface area contributed by atoms with Crippen LogP contribution in [0.4, 0.5) is 4.79 Å². The van der Waals surface area contributed by atoms with Crippen LogP contribution in [-0.4, -0.2) is 38.3 Å². The lowest BCUT2D eigenvalue weighted by Crippen LogP contribution is -2.43. The predicted molar refractivity (Wildman–Crippen MR) is 101 cm³/mol. The van der Waals surface area contributed by atoms with E-state index in [9.17, 15) is 9.59 Å². The molecule has 1 heterocycles. The normalized spacial score (nSPS) is 15.6. The van der Waals surface area contributed by atoms with Gasteiger partial charge in [0.25, 0.3) is 12.6 Å². The van der Waals surface area contributed by atoms with E-state index in [-0.39, 0.29) is 25.3 Å². The maximum atomic E-state index is 12.1. The smallest absolute Gasteiger partial charge is 0.388 e. The quantitative estimate of drug-likeness (QED) is 0.315. The molecule has 2 amide bonds. The second kappa shape index (κ2) is 12.3. The second-order valence-corrected chi connectivity index (χ2v) is 6.89. The summed E-state index contributed by atoms with van der Waals surface area (Å²) in [6.07, 6.45) is 8.97. The maximum absolute atomic E-state index is 12.1. The van der Waals surface area contributed by atoms with Crippen molar-refractivity contribution in [3.63, 3.8) is 0 Å². The highest BCUT2D eigenvalue weighted by Crippen LogP contribution is 2.26. The zero-order chi connectivity index (χ0) is 20.2. The highest BCUT2D eigenvalue weighted by Gasteiger charge is 2.22. The number of nitrogens with zero attached hydrogens (tertiary/aromatic N) is 1. The van der Waals surface area contributed by atoms with Gasteiger partial charge in [0.2, 0.25) is 0 Å². The number of nitrogens with one attached hydrogen (secondary N) is 3. The monoisotopic (exact) mass is 395 g/mol. The van der Waals surface area contributed by atoms with Gasteiger partial charge in [-0.05, 0) is 31.7 Å². The van der Waals surface area contributed by atoms with E-state index in [2.05, 4.69) is 21.1 Å². The summed E-state index contributed by atoms with van der Waals surface area (Å²) in [4.78, 5) is 33.6. The number of hydrogen-bond acceptors (Lipinski definition) is 6. The predicted octanol–water partition coefficient (Wildman–Crippen LogP) is 1.44. The first-order chi connectivity index (χ1) is 13.6. The fraction of sp³-hybridized carbons (Fsp3) is 0.632. The van der Waals surface area contributed by atoms with Gasteiger partial charge >= 0.3 is 6.09 Å². The zero-order valence-electron chi connectivity index (χ0n) is 16.6. The van der Waals surface area contributed by atoms with Crippen LogP contribution in [0.3, 0.4) is 0 Å². The molecule has 1 aliphatic rings. The molecule has 1 fully saturated rings. The minimum atomic E-state index is -0.441. The molecule has 2 rings (SSSR count). The fourth-order valence-electron chi connectivity index (χ4n) is 3.27. The van der Waals surface area contributed by atoms with Gasteiger partial charge in [-0.2, -0.15) is 4.57 Å². The molecule has 1 aromatic rings. The molecule has 1 atom stereocenters. The number of rotatable bonds is 10. The second-order valence-electron chi connectivity index (χ2n) is 6.89. The van der Waals surface area contributed by atoms with E-state index < -0.39 is 6.09 Å². The van der Waals surface area contributed by atoms with Gasteiger partial charge in [0.15, 0.2) is 12.4 Å². The van der Waals surface area contributed by atoms with Crippen molar-refractivity contribution < 1.29 is 28.6 Å². The summed E-state index contributed by atoms with van der Waals surface area (Å²) in [6.45, 7) is 2.64. The molecule has 9 heteroatoms. The summed E-state index contributed by atoms with van der Waals surface area (Å²) in [7, 11) is 1.43. The van der Waals surface area contributed by atoms with Crippen molar-refractivity contribution in [3.8, 4) is 0 Å². The molecule has 1 aromatic heterocycles. The fourth-order valence-corrected chi connectivity index (χ4v) is 3.27. The molecule has 28 heavy (non-hydrogen) atoms. The van der Waals surface area contributed by atoms with E-state index in [0.29, 0.717) is 18.0 Å². The topological polar surface area (TPSA) is 102 Å². The van der Waals surface area contributed by atoms with E-state index in [1.165, 1.54) is 26.4 Å². The largest absolute Gasteiger partial charge is 0.412 e. The van der Waals surface area contributed by atoms with E-state index in [0.717, 1.165) is 12.8 Å². The lowest BCUT2D eigenvalue weighted by atomic mass is 9.85. The molecule has 9 nitrogen and oxygen atoms in total. The molecule has 0 aliphatic heterocycles. The third kappa shape index (κ3) is 7.79. The van der Waals surface area contributed by atoms with Crippen LogP contribution in [0.15, 0.2) is 24.5 Å². The van der Waals surface area contributed by atoms with Gasteiger partial charge < -0.3 is 15.4 Å². The summed E-state index contributed by atoms with van der Waals surface area (Å²) in [5.74, 6) is 0.273. The van der Waals surface area contributed by atoms with Crippen LogP contribution in [-0.2, 0) is 21.1 Å². The number of amides is 2. The van der Waals surface area contributed by atoms with Crippen LogP contribution in [0, 0.1) is 5.92 Å². The first kappa shape index (κ1) is 22.1. The van der Waals surface area contributed by atoms with Crippen LogP contribution >= 0.6 is 0 Å². The first-order valence-electron chi connectivity index (χ1n) is 9.70. The van der Waals surface area contributed by atoms with Gasteiger partial charge in [-0.15, -0.1) is 0 Å². The van der Waals surface area contributed by atoms with Crippen molar-refractivity contribution >= 4 is 12.0 Å².